The number of aromatic nitrogens is 1. The lowest BCUT2D eigenvalue weighted by Gasteiger charge is -2.19. The fraction of sp³-hybridized carbons (Fsp3) is 0.200. The van der Waals surface area contributed by atoms with Gasteiger partial charge in [0.25, 0.3) is 0 Å². The zero-order valence-electron chi connectivity index (χ0n) is 20.3. The molecule has 5 rings (SSSR count). The van der Waals surface area contributed by atoms with Crippen LogP contribution in [0.5, 0.6) is 0 Å². The molecule has 0 saturated carbocycles. The topological polar surface area (TPSA) is 50.4 Å². The number of hydrogen-bond acceptors (Lipinski definition) is 4. The molecule has 5 aromatic rings. The molecule has 0 radical (unpaired) electrons. The predicted octanol–water partition coefficient (Wildman–Crippen LogP) is 7.49. The summed E-state index contributed by atoms with van der Waals surface area (Å²) in [6.07, 6.45) is 0. The van der Waals surface area contributed by atoms with Crippen LogP contribution in [0.3, 0.4) is 0 Å². The Bertz CT molecular complexity index is 1570. The minimum atomic E-state index is 0.102. The van der Waals surface area contributed by atoms with Crippen LogP contribution in [0.4, 0.5) is 5.82 Å². The number of hydrogen-bond donors (Lipinski definition) is 1. The molecule has 0 amide bonds. The van der Waals surface area contributed by atoms with Crippen molar-refractivity contribution in [3.05, 3.63) is 101 Å². The normalized spacial score (nSPS) is 12.4. The van der Waals surface area contributed by atoms with E-state index in [2.05, 4.69) is 87.5 Å². The van der Waals surface area contributed by atoms with E-state index in [4.69, 9.17) is 9.52 Å². The Kier molecular flexibility index (Phi) is 5.45. The number of aryl methyl sites for hydroxylation is 2. The molecule has 0 aliphatic carbocycles. The molecule has 0 spiro atoms. The van der Waals surface area contributed by atoms with Crippen molar-refractivity contribution >= 4 is 27.7 Å². The van der Waals surface area contributed by atoms with Gasteiger partial charge in [0, 0.05) is 22.4 Å². The molecule has 0 unspecified atom stereocenters. The fourth-order valence-electron chi connectivity index (χ4n) is 4.04. The van der Waals surface area contributed by atoms with E-state index in [1.807, 2.05) is 36.4 Å². The maximum Gasteiger partial charge on any atom is 0.146 e. The van der Waals surface area contributed by atoms with E-state index in [1.165, 1.54) is 16.7 Å². The van der Waals surface area contributed by atoms with Crippen molar-refractivity contribution in [1.29, 1.82) is 0 Å². The third-order valence-electron chi connectivity index (χ3n) is 6.28. The average Bonchev–Trinajstić information content (AvgIpc) is 2.83. The van der Waals surface area contributed by atoms with Crippen molar-refractivity contribution in [2.24, 2.45) is 5.10 Å². The van der Waals surface area contributed by atoms with E-state index in [0.29, 0.717) is 5.82 Å². The third kappa shape index (κ3) is 4.32. The molecule has 0 aliphatic heterocycles. The van der Waals surface area contributed by atoms with Gasteiger partial charge in [-0.15, -0.1) is 0 Å². The SMILES string of the molecule is Cc1cc2oc(-c3ccc(C(C)(C)C)cc3)cc(=NNc3ccc4ccccc4n3)c2cc1C. The highest BCUT2D eigenvalue weighted by molar-refractivity contribution is 5.81. The number of rotatable bonds is 3. The molecule has 2 heterocycles. The second-order valence-corrected chi connectivity index (χ2v) is 9.87. The molecule has 34 heavy (non-hydrogen) atoms. The third-order valence-corrected chi connectivity index (χ3v) is 6.28. The highest BCUT2D eigenvalue weighted by Crippen LogP contribution is 2.28. The lowest BCUT2D eigenvalue weighted by molar-refractivity contribution is 0.589. The molecule has 170 valence electrons. The minimum absolute atomic E-state index is 0.102. The summed E-state index contributed by atoms with van der Waals surface area (Å²) in [5.41, 5.74) is 9.70. The number of benzene rings is 3. The van der Waals surface area contributed by atoms with Crippen LogP contribution in [-0.4, -0.2) is 4.98 Å². The molecule has 0 saturated heterocycles. The van der Waals surface area contributed by atoms with Gasteiger partial charge < -0.3 is 4.42 Å². The molecule has 1 N–H and O–H groups in total. The summed E-state index contributed by atoms with van der Waals surface area (Å²) in [4.78, 5) is 4.69. The first-order valence-corrected chi connectivity index (χ1v) is 11.6. The molecule has 4 nitrogen and oxygen atoms in total. The molecule has 0 atom stereocenters. The Morgan fingerprint density at radius 3 is 2.32 bits per heavy atom. The summed E-state index contributed by atoms with van der Waals surface area (Å²) in [6, 6.07) is 26.9. The number of anilines is 1. The second-order valence-electron chi connectivity index (χ2n) is 9.87. The summed E-state index contributed by atoms with van der Waals surface area (Å²) >= 11 is 0. The van der Waals surface area contributed by atoms with Gasteiger partial charge in [-0.2, -0.15) is 5.10 Å². The lowest BCUT2D eigenvalue weighted by Crippen LogP contribution is -2.10. The monoisotopic (exact) mass is 447 g/mol. The first-order chi connectivity index (χ1) is 16.3. The zero-order chi connectivity index (χ0) is 23.9. The fourth-order valence-corrected chi connectivity index (χ4v) is 4.04. The maximum absolute atomic E-state index is 6.36. The van der Waals surface area contributed by atoms with Crippen molar-refractivity contribution in [2.45, 2.75) is 40.0 Å². The first kappa shape index (κ1) is 21.9. The van der Waals surface area contributed by atoms with Crippen molar-refractivity contribution in [2.75, 3.05) is 5.43 Å². The van der Waals surface area contributed by atoms with E-state index in [0.717, 1.165) is 38.6 Å². The van der Waals surface area contributed by atoms with Crippen molar-refractivity contribution in [3.8, 4) is 11.3 Å². The standard InChI is InChI=1S/C30H29N3O/c1-19-16-24-26(32-33-29-15-12-21-8-6-7-9-25(21)31-29)18-27(34-28(24)17-20(19)2)22-10-13-23(14-11-22)30(3,4)5/h6-18H,1-5H3,(H,31,33). The molecule has 4 heteroatoms. The first-order valence-electron chi connectivity index (χ1n) is 11.6. The molecular weight excluding hydrogens is 418 g/mol. The van der Waals surface area contributed by atoms with E-state index in [1.54, 1.807) is 0 Å². The van der Waals surface area contributed by atoms with Crippen LogP contribution >= 0.6 is 0 Å². The lowest BCUT2D eigenvalue weighted by atomic mass is 9.86. The van der Waals surface area contributed by atoms with Gasteiger partial charge in [0.05, 0.1) is 10.9 Å². The Hall–Kier alpha value is -3.92. The number of fused-ring (bicyclic) bond motifs is 2. The van der Waals surface area contributed by atoms with Gasteiger partial charge in [0.1, 0.15) is 17.2 Å². The van der Waals surface area contributed by atoms with Gasteiger partial charge in [-0.3, -0.25) is 5.43 Å². The van der Waals surface area contributed by atoms with E-state index in [-0.39, 0.29) is 5.41 Å². The van der Waals surface area contributed by atoms with Crippen LogP contribution in [0.15, 0.2) is 88.4 Å². The van der Waals surface area contributed by atoms with Crippen LogP contribution in [0, 0.1) is 13.8 Å². The summed E-state index contributed by atoms with van der Waals surface area (Å²) in [5, 5.41) is 7.63. The molecule has 2 aromatic heterocycles. The van der Waals surface area contributed by atoms with Gasteiger partial charge in [0.2, 0.25) is 0 Å². The van der Waals surface area contributed by atoms with Crippen molar-refractivity contribution in [3.63, 3.8) is 0 Å². The highest BCUT2D eigenvalue weighted by atomic mass is 16.3. The van der Waals surface area contributed by atoms with Crippen LogP contribution < -0.4 is 10.8 Å². The average molecular weight is 448 g/mol. The molecule has 0 fully saturated rings. The van der Waals surface area contributed by atoms with Gasteiger partial charge in [-0.1, -0.05) is 63.2 Å². The van der Waals surface area contributed by atoms with Gasteiger partial charge in [-0.25, -0.2) is 4.98 Å². The second kappa shape index (κ2) is 8.45. The minimum Gasteiger partial charge on any atom is -0.456 e. The molecule has 0 aliphatic rings. The maximum atomic E-state index is 6.36. The Morgan fingerprint density at radius 2 is 1.56 bits per heavy atom. The van der Waals surface area contributed by atoms with Gasteiger partial charge in [-0.05, 0) is 66.3 Å². The van der Waals surface area contributed by atoms with Crippen LogP contribution in [0.2, 0.25) is 0 Å². The summed E-state index contributed by atoms with van der Waals surface area (Å²) in [5.74, 6) is 1.48. The van der Waals surface area contributed by atoms with Gasteiger partial charge in [0.15, 0.2) is 0 Å². The van der Waals surface area contributed by atoms with Crippen molar-refractivity contribution in [1.82, 2.24) is 4.98 Å². The summed E-state index contributed by atoms with van der Waals surface area (Å²) in [6.45, 7) is 10.9. The highest BCUT2D eigenvalue weighted by Gasteiger charge is 2.14. The van der Waals surface area contributed by atoms with Gasteiger partial charge >= 0.3 is 0 Å². The largest absolute Gasteiger partial charge is 0.456 e. The summed E-state index contributed by atoms with van der Waals surface area (Å²) in [7, 11) is 0. The van der Waals surface area contributed by atoms with E-state index in [9.17, 15) is 0 Å². The van der Waals surface area contributed by atoms with E-state index >= 15 is 0 Å². The zero-order valence-corrected chi connectivity index (χ0v) is 20.3. The predicted molar refractivity (Wildman–Crippen MR) is 141 cm³/mol. The smallest absolute Gasteiger partial charge is 0.146 e. The number of pyridine rings is 1. The molecular formula is C30H29N3O. The number of nitrogens with zero attached hydrogens (tertiary/aromatic N) is 2. The Morgan fingerprint density at radius 1 is 0.824 bits per heavy atom. The Labute approximate surface area is 200 Å². The number of nitrogens with one attached hydrogen (secondary N) is 1. The van der Waals surface area contributed by atoms with Crippen LogP contribution in [0.25, 0.3) is 33.2 Å². The van der Waals surface area contributed by atoms with Crippen molar-refractivity contribution < 1.29 is 4.42 Å². The molecule has 3 aromatic carbocycles. The molecule has 0 bridgehead atoms. The summed E-state index contributed by atoms with van der Waals surface area (Å²) < 4.78 is 6.36. The van der Waals surface area contributed by atoms with Crippen LogP contribution in [-0.2, 0) is 5.41 Å². The van der Waals surface area contributed by atoms with E-state index < -0.39 is 0 Å². The van der Waals surface area contributed by atoms with Crippen LogP contribution in [0.1, 0.15) is 37.5 Å². The Balaban J connectivity index is 1.62. The quantitative estimate of drug-likeness (QED) is 0.292. The number of para-hydroxylation sites is 1.